The highest BCUT2D eigenvalue weighted by Gasteiger charge is 2.59. The molecule has 0 aliphatic heterocycles. The van der Waals surface area contributed by atoms with Crippen LogP contribution in [0.3, 0.4) is 0 Å². The zero-order valence-corrected chi connectivity index (χ0v) is 43.8. The Labute approximate surface area is 396 Å². The van der Waals surface area contributed by atoms with Gasteiger partial charge >= 0.3 is 30.1 Å². The molecule has 0 saturated heterocycles. The first-order valence-corrected chi connectivity index (χ1v) is 25.4. The van der Waals surface area contributed by atoms with Crippen molar-refractivity contribution >= 4 is 23.9 Å². The van der Waals surface area contributed by atoms with Gasteiger partial charge in [-0.2, -0.15) is 13.2 Å². The molecule has 0 aromatic carbocycles. The third kappa shape index (κ3) is 13.9. The van der Waals surface area contributed by atoms with E-state index in [0.717, 1.165) is 63.2 Å². The molecule has 0 spiro atoms. The maximum atomic E-state index is 12.5. The molecule has 10 nitrogen and oxygen atoms in total. The van der Waals surface area contributed by atoms with Crippen molar-refractivity contribution < 1.29 is 61.5 Å². The summed E-state index contributed by atoms with van der Waals surface area (Å²) in [7, 11) is 0. The molecule has 8 fully saturated rings. The minimum atomic E-state index is -4.74. The molecule has 8 rings (SSSR count). The topological polar surface area (TPSA) is 146 Å². The van der Waals surface area contributed by atoms with E-state index in [1.807, 2.05) is 62.3 Å². The van der Waals surface area contributed by atoms with E-state index in [-0.39, 0.29) is 51.5 Å². The molecule has 8 saturated carbocycles. The van der Waals surface area contributed by atoms with Crippen molar-refractivity contribution in [2.75, 3.05) is 6.61 Å². The Bertz CT molecular complexity index is 1600. The van der Waals surface area contributed by atoms with Crippen LogP contribution in [0.2, 0.25) is 0 Å². The van der Waals surface area contributed by atoms with Crippen molar-refractivity contribution in [1.82, 2.24) is 0 Å². The van der Waals surface area contributed by atoms with Gasteiger partial charge in [0, 0.05) is 6.42 Å². The smallest absolute Gasteiger partial charge is 0.417 e. The third-order valence-corrected chi connectivity index (χ3v) is 17.2. The number of aliphatic hydroxyl groups is 2. The van der Waals surface area contributed by atoms with E-state index in [9.17, 15) is 42.6 Å². The maximum Gasteiger partial charge on any atom is 0.417 e. The zero-order chi connectivity index (χ0) is 50.6. The quantitative estimate of drug-likeness (QED) is 0.127. The van der Waals surface area contributed by atoms with E-state index in [2.05, 4.69) is 13.8 Å². The van der Waals surface area contributed by atoms with Crippen LogP contribution in [0, 0.1) is 63.1 Å². The summed E-state index contributed by atoms with van der Waals surface area (Å²) < 4.78 is 59.3. The van der Waals surface area contributed by atoms with E-state index in [1.54, 1.807) is 20.8 Å². The molecular formula is C53H91F3O10. The van der Waals surface area contributed by atoms with Crippen LogP contribution in [-0.2, 0) is 38.1 Å². The first kappa shape index (κ1) is 57.9. The van der Waals surface area contributed by atoms with Gasteiger partial charge in [0.1, 0.15) is 17.3 Å². The van der Waals surface area contributed by atoms with Gasteiger partial charge in [0.15, 0.2) is 5.60 Å². The van der Waals surface area contributed by atoms with Gasteiger partial charge in [-0.1, -0.05) is 27.7 Å². The van der Waals surface area contributed by atoms with E-state index >= 15 is 0 Å². The molecule has 0 aromatic heterocycles. The minimum absolute atomic E-state index is 0.0185. The largest absolute Gasteiger partial charge is 0.466 e. The van der Waals surface area contributed by atoms with Gasteiger partial charge in [0.25, 0.3) is 0 Å². The molecule has 8 aliphatic rings. The summed E-state index contributed by atoms with van der Waals surface area (Å²) in [4.78, 5) is 47.6. The maximum absolute atomic E-state index is 12.5. The van der Waals surface area contributed by atoms with E-state index < -0.39 is 35.7 Å². The van der Waals surface area contributed by atoms with Crippen molar-refractivity contribution in [3.63, 3.8) is 0 Å². The second kappa shape index (κ2) is 21.7. The summed E-state index contributed by atoms with van der Waals surface area (Å²) in [5.74, 6) is 3.80. The lowest BCUT2D eigenvalue weighted by molar-refractivity contribution is -0.261. The Balaban J connectivity index is 0.000000239. The predicted octanol–water partition coefficient (Wildman–Crippen LogP) is 12.1. The van der Waals surface area contributed by atoms with Gasteiger partial charge in [0.2, 0.25) is 0 Å². The monoisotopic (exact) mass is 945 g/mol. The Kier molecular flexibility index (Phi) is 19.0. The molecule has 2 N–H and O–H groups in total. The lowest BCUT2D eigenvalue weighted by Crippen LogP contribution is -2.59. The van der Waals surface area contributed by atoms with Crippen LogP contribution in [0.1, 0.15) is 207 Å². The molecule has 13 heteroatoms. The molecule has 384 valence electrons. The van der Waals surface area contributed by atoms with Gasteiger partial charge in [-0.15, -0.1) is 0 Å². The van der Waals surface area contributed by atoms with Gasteiger partial charge in [-0.3, -0.25) is 19.2 Å². The number of aliphatic hydroxyl groups excluding tert-OH is 1. The van der Waals surface area contributed by atoms with Crippen LogP contribution < -0.4 is 0 Å². The van der Waals surface area contributed by atoms with E-state index in [4.69, 9.17) is 18.9 Å². The van der Waals surface area contributed by atoms with Crippen LogP contribution in [0.15, 0.2) is 0 Å². The SMILES string of the molecule is CCC(C)(C)C(=O)OC(C)CC(C)(O)C(F)(F)F.CCC(C)(C)C(=O)OC1(C)C2CC3CC(C2)CC1C3.CCC(C)(C)C(=O)OC12CC3CC(C1)C(O)C(C3)C2.CCOC(=O)C(C)(C)CC. The summed E-state index contributed by atoms with van der Waals surface area (Å²) in [5, 5.41) is 19.5. The molecular weight excluding hydrogens is 854 g/mol. The van der Waals surface area contributed by atoms with E-state index in [0.29, 0.717) is 49.5 Å². The number of hydrogen-bond donors (Lipinski definition) is 2. The van der Waals surface area contributed by atoms with Crippen LogP contribution in [-0.4, -0.2) is 75.9 Å². The Morgan fingerprint density at radius 2 is 0.985 bits per heavy atom. The lowest BCUT2D eigenvalue weighted by atomic mass is 9.50. The van der Waals surface area contributed by atoms with Crippen molar-refractivity contribution in [1.29, 1.82) is 0 Å². The van der Waals surface area contributed by atoms with Crippen LogP contribution in [0.4, 0.5) is 13.2 Å². The summed E-state index contributed by atoms with van der Waals surface area (Å²) in [6, 6.07) is 0. The van der Waals surface area contributed by atoms with Crippen molar-refractivity contribution in [2.45, 2.75) is 242 Å². The number of hydrogen-bond acceptors (Lipinski definition) is 10. The fourth-order valence-corrected chi connectivity index (χ4v) is 11.0. The number of rotatable bonds is 14. The fraction of sp³-hybridized carbons (Fsp3) is 0.925. The lowest BCUT2D eigenvalue weighted by Gasteiger charge is -2.59. The molecule has 66 heavy (non-hydrogen) atoms. The fourth-order valence-electron chi connectivity index (χ4n) is 11.0. The van der Waals surface area contributed by atoms with Gasteiger partial charge in [-0.25, -0.2) is 0 Å². The van der Waals surface area contributed by atoms with Gasteiger partial charge in [-0.05, 0) is 214 Å². The van der Waals surface area contributed by atoms with Gasteiger partial charge in [0.05, 0.1) is 34.4 Å². The van der Waals surface area contributed by atoms with Gasteiger partial charge < -0.3 is 29.2 Å². The highest BCUT2D eigenvalue weighted by molar-refractivity contribution is 5.77. The predicted molar refractivity (Wildman–Crippen MR) is 250 cm³/mol. The molecule has 8 aliphatic carbocycles. The van der Waals surface area contributed by atoms with E-state index in [1.165, 1.54) is 39.0 Å². The zero-order valence-electron chi connectivity index (χ0n) is 43.8. The van der Waals surface area contributed by atoms with Crippen molar-refractivity contribution in [2.24, 2.45) is 63.1 Å². The highest BCUT2D eigenvalue weighted by atomic mass is 19.4. The molecule has 0 amide bonds. The Morgan fingerprint density at radius 3 is 1.38 bits per heavy atom. The Morgan fingerprint density at radius 1 is 0.591 bits per heavy atom. The van der Waals surface area contributed by atoms with Crippen LogP contribution in [0.25, 0.3) is 0 Å². The number of ether oxygens (including phenoxy) is 4. The summed E-state index contributed by atoms with van der Waals surface area (Å²) in [6.45, 7) is 29.4. The molecule has 4 atom stereocenters. The van der Waals surface area contributed by atoms with Crippen LogP contribution >= 0.6 is 0 Å². The first-order chi connectivity index (χ1) is 30.1. The second-order valence-corrected chi connectivity index (χ2v) is 24.3. The second-order valence-electron chi connectivity index (χ2n) is 24.3. The number of carbonyl (C=O) groups excluding carboxylic acids is 4. The average molecular weight is 945 g/mol. The normalized spacial score (nSPS) is 32.2. The van der Waals surface area contributed by atoms with Crippen LogP contribution in [0.5, 0.6) is 0 Å². The standard InChI is InChI=1S/C17H28O2.C16H26O3.C12H21F3O3.C8H16O2/c1-5-16(2,3)15(18)19-17(4)13-7-11-6-12(9-13)10-14(17)8-11;1-4-15(2,3)14(18)19-16-7-10-5-11(8-16)13(17)12(6-10)9-16;1-6-10(3,4)9(16)18-8(2)7-11(5,17)12(13,14)15;1-5-8(3,4)7(9)10-6-2/h11-14H,5-10H2,1-4H3;10-13,17H,4-9H2,1-3H3;8,17H,6-7H2,1-5H3;5-6H2,1-4H3. The molecule has 4 unspecified atom stereocenters. The Hall–Kier alpha value is -2.41. The number of esters is 4. The molecule has 0 heterocycles. The number of halogens is 3. The summed E-state index contributed by atoms with van der Waals surface area (Å²) >= 11 is 0. The average Bonchev–Trinajstić information content (AvgIpc) is 3.21. The molecule has 0 radical (unpaired) electrons. The number of carbonyl (C=O) groups is 4. The first-order valence-electron chi connectivity index (χ1n) is 25.4. The summed E-state index contributed by atoms with van der Waals surface area (Å²) in [6.07, 6.45) is 8.11. The third-order valence-electron chi connectivity index (χ3n) is 17.2. The molecule has 0 aromatic rings. The van der Waals surface area contributed by atoms with Crippen molar-refractivity contribution in [3.8, 4) is 0 Å². The number of alkyl halides is 3. The summed E-state index contributed by atoms with van der Waals surface area (Å²) in [5.41, 5.74) is -5.05. The molecule has 8 bridgehead atoms. The van der Waals surface area contributed by atoms with Crippen molar-refractivity contribution in [3.05, 3.63) is 0 Å². The minimum Gasteiger partial charge on any atom is -0.466 e. The highest BCUT2D eigenvalue weighted by Crippen LogP contribution is 2.60.